The standard InChI is InChI=1S/C25H21F3N4O4/c1-14(19(15-8-4-3-5-9-15)17-10-6-7-11-18(17)25(26,27)28)22-31-20(21(33)24(35)32(22)2)23(34)30-16-12-29-36-13-16/h3-14,19,33H,1-2H3,(H,30,34)/t14-,19+/m1/s1. The third kappa shape index (κ3) is 4.72. The summed E-state index contributed by atoms with van der Waals surface area (Å²) in [5, 5.41) is 16.2. The number of alkyl halides is 3. The molecule has 0 bridgehead atoms. The van der Waals surface area contributed by atoms with Crippen LogP contribution in [0.25, 0.3) is 0 Å². The van der Waals surface area contributed by atoms with E-state index in [0.717, 1.165) is 16.9 Å². The first-order valence-corrected chi connectivity index (χ1v) is 10.8. The molecule has 0 spiro atoms. The van der Waals surface area contributed by atoms with Crippen molar-refractivity contribution >= 4 is 11.6 Å². The molecular weight excluding hydrogens is 477 g/mol. The first-order valence-electron chi connectivity index (χ1n) is 10.8. The molecule has 2 aromatic carbocycles. The predicted octanol–water partition coefficient (Wildman–Crippen LogP) is 4.68. The second kappa shape index (κ2) is 9.68. The highest BCUT2D eigenvalue weighted by Crippen LogP contribution is 2.43. The number of nitrogens with zero attached hydrogens (tertiary/aromatic N) is 3. The highest BCUT2D eigenvalue weighted by molar-refractivity contribution is 6.04. The van der Waals surface area contributed by atoms with Crippen molar-refractivity contribution in [2.75, 3.05) is 5.32 Å². The molecule has 4 aromatic rings. The van der Waals surface area contributed by atoms with Gasteiger partial charge in [0.15, 0.2) is 5.69 Å². The zero-order valence-corrected chi connectivity index (χ0v) is 19.2. The van der Waals surface area contributed by atoms with Gasteiger partial charge in [-0.3, -0.25) is 14.2 Å². The summed E-state index contributed by atoms with van der Waals surface area (Å²) >= 11 is 0. The number of carbonyl (C=O) groups is 1. The summed E-state index contributed by atoms with van der Waals surface area (Å²) in [6, 6.07) is 13.7. The second-order valence-corrected chi connectivity index (χ2v) is 8.16. The molecule has 0 aliphatic heterocycles. The fourth-order valence-corrected chi connectivity index (χ4v) is 4.20. The van der Waals surface area contributed by atoms with Gasteiger partial charge in [0.25, 0.3) is 11.5 Å². The van der Waals surface area contributed by atoms with Crippen molar-refractivity contribution in [1.29, 1.82) is 0 Å². The summed E-state index contributed by atoms with van der Waals surface area (Å²) in [4.78, 5) is 29.8. The first-order chi connectivity index (χ1) is 17.1. The summed E-state index contributed by atoms with van der Waals surface area (Å²) < 4.78 is 47.6. The van der Waals surface area contributed by atoms with Crippen LogP contribution in [0.5, 0.6) is 5.75 Å². The Morgan fingerprint density at radius 2 is 1.78 bits per heavy atom. The maximum atomic E-state index is 14.0. The minimum atomic E-state index is -4.62. The molecule has 186 valence electrons. The molecule has 11 heteroatoms. The molecule has 0 aliphatic carbocycles. The number of hydrogen-bond donors (Lipinski definition) is 2. The monoisotopic (exact) mass is 498 g/mol. The Hall–Kier alpha value is -4.41. The molecule has 0 saturated carbocycles. The van der Waals surface area contributed by atoms with Crippen LogP contribution in [0.3, 0.4) is 0 Å². The predicted molar refractivity (Wildman–Crippen MR) is 124 cm³/mol. The Kier molecular flexibility index (Phi) is 6.65. The van der Waals surface area contributed by atoms with Gasteiger partial charge in [0, 0.05) is 18.9 Å². The van der Waals surface area contributed by atoms with Crippen molar-refractivity contribution < 1.29 is 27.6 Å². The van der Waals surface area contributed by atoms with E-state index in [4.69, 9.17) is 0 Å². The fraction of sp³-hybridized carbons (Fsp3) is 0.200. The Morgan fingerprint density at radius 1 is 1.11 bits per heavy atom. The van der Waals surface area contributed by atoms with E-state index in [0.29, 0.717) is 5.56 Å². The van der Waals surface area contributed by atoms with Crippen LogP contribution >= 0.6 is 0 Å². The summed E-state index contributed by atoms with van der Waals surface area (Å²) in [5.74, 6) is -3.50. The van der Waals surface area contributed by atoms with Crippen molar-refractivity contribution in [3.05, 3.63) is 106 Å². The number of aromatic hydroxyl groups is 1. The van der Waals surface area contributed by atoms with Gasteiger partial charge in [0.2, 0.25) is 5.75 Å². The first kappa shape index (κ1) is 24.7. The number of carbonyl (C=O) groups excluding carboxylic acids is 1. The van der Waals surface area contributed by atoms with Crippen LogP contribution in [0.4, 0.5) is 18.9 Å². The SMILES string of the molecule is C[C@@H](c1nc(C(=O)Nc2cnoc2)c(O)c(=O)n1C)[C@@H](c1ccccc1)c1ccccc1C(F)(F)F. The molecule has 0 fully saturated rings. The quantitative estimate of drug-likeness (QED) is 0.400. The van der Waals surface area contributed by atoms with Gasteiger partial charge in [0.1, 0.15) is 17.8 Å². The maximum Gasteiger partial charge on any atom is 0.416 e. The van der Waals surface area contributed by atoms with E-state index in [-0.39, 0.29) is 17.1 Å². The minimum Gasteiger partial charge on any atom is -0.501 e. The third-order valence-corrected chi connectivity index (χ3v) is 5.87. The van der Waals surface area contributed by atoms with Gasteiger partial charge in [-0.2, -0.15) is 13.2 Å². The number of nitrogens with one attached hydrogen (secondary N) is 1. The number of aromatic nitrogens is 3. The number of halogens is 3. The summed E-state index contributed by atoms with van der Waals surface area (Å²) in [7, 11) is 1.33. The van der Waals surface area contributed by atoms with Crippen molar-refractivity contribution in [1.82, 2.24) is 14.7 Å². The molecule has 8 nitrogen and oxygen atoms in total. The van der Waals surface area contributed by atoms with Crippen LogP contribution in [-0.4, -0.2) is 25.7 Å². The fourth-order valence-electron chi connectivity index (χ4n) is 4.20. The molecule has 2 N–H and O–H groups in total. The van der Waals surface area contributed by atoms with Gasteiger partial charge in [-0.25, -0.2) is 4.98 Å². The van der Waals surface area contributed by atoms with Crippen LogP contribution < -0.4 is 10.9 Å². The van der Waals surface area contributed by atoms with Gasteiger partial charge in [0.05, 0.1) is 11.8 Å². The lowest BCUT2D eigenvalue weighted by atomic mass is 9.79. The maximum absolute atomic E-state index is 14.0. The summed E-state index contributed by atoms with van der Waals surface area (Å²) in [6.45, 7) is 1.62. The lowest BCUT2D eigenvalue weighted by Gasteiger charge is -2.28. The second-order valence-electron chi connectivity index (χ2n) is 8.16. The van der Waals surface area contributed by atoms with Gasteiger partial charge in [-0.1, -0.05) is 60.6 Å². The van der Waals surface area contributed by atoms with Crippen molar-refractivity contribution in [2.45, 2.75) is 24.9 Å². The van der Waals surface area contributed by atoms with E-state index < -0.39 is 46.5 Å². The van der Waals surface area contributed by atoms with E-state index in [1.165, 1.54) is 31.4 Å². The Morgan fingerprint density at radius 3 is 2.42 bits per heavy atom. The number of benzene rings is 2. The molecule has 36 heavy (non-hydrogen) atoms. The average molecular weight is 498 g/mol. The highest BCUT2D eigenvalue weighted by Gasteiger charge is 2.38. The van der Waals surface area contributed by atoms with Crippen LogP contribution in [0, 0.1) is 0 Å². The minimum absolute atomic E-state index is 0.0125. The van der Waals surface area contributed by atoms with Crippen LogP contribution in [-0.2, 0) is 13.2 Å². The molecule has 0 radical (unpaired) electrons. The number of amides is 1. The number of rotatable bonds is 6. The van der Waals surface area contributed by atoms with E-state index >= 15 is 0 Å². The molecule has 0 aliphatic rings. The highest BCUT2D eigenvalue weighted by atomic mass is 19.4. The van der Waals surface area contributed by atoms with Crippen molar-refractivity contribution in [2.24, 2.45) is 7.05 Å². The summed E-state index contributed by atoms with van der Waals surface area (Å²) in [6.07, 6.45) is -2.28. The molecule has 2 aromatic heterocycles. The van der Waals surface area contributed by atoms with Gasteiger partial charge in [-0.05, 0) is 17.2 Å². The normalized spacial score (nSPS) is 13.2. The molecule has 2 atom stereocenters. The van der Waals surface area contributed by atoms with Crippen molar-refractivity contribution in [3.63, 3.8) is 0 Å². The van der Waals surface area contributed by atoms with E-state index in [1.807, 2.05) is 0 Å². The Bertz CT molecular complexity index is 1430. The zero-order valence-electron chi connectivity index (χ0n) is 19.2. The van der Waals surface area contributed by atoms with E-state index in [1.54, 1.807) is 37.3 Å². The number of hydrogen-bond acceptors (Lipinski definition) is 6. The van der Waals surface area contributed by atoms with Gasteiger partial charge < -0.3 is 14.9 Å². The number of anilines is 1. The molecule has 1 amide bonds. The van der Waals surface area contributed by atoms with Crippen LogP contribution in [0.1, 0.15) is 51.8 Å². The van der Waals surface area contributed by atoms with Crippen molar-refractivity contribution in [3.8, 4) is 5.75 Å². The largest absolute Gasteiger partial charge is 0.501 e. The Labute approximate surface area is 203 Å². The topological polar surface area (TPSA) is 110 Å². The van der Waals surface area contributed by atoms with E-state index in [2.05, 4.69) is 20.0 Å². The summed E-state index contributed by atoms with van der Waals surface area (Å²) in [5.41, 5.74) is -1.60. The van der Waals surface area contributed by atoms with Crippen LogP contribution in [0.15, 0.2) is 76.4 Å². The molecule has 2 heterocycles. The smallest absolute Gasteiger partial charge is 0.416 e. The van der Waals surface area contributed by atoms with Gasteiger partial charge in [-0.15, -0.1) is 0 Å². The van der Waals surface area contributed by atoms with Crippen LogP contribution in [0.2, 0.25) is 0 Å². The lowest BCUT2D eigenvalue weighted by molar-refractivity contribution is -0.138. The molecular formula is C25H21F3N4O4. The van der Waals surface area contributed by atoms with E-state index in [9.17, 15) is 27.9 Å². The molecule has 0 saturated heterocycles. The Balaban J connectivity index is 1.88. The average Bonchev–Trinajstić information content (AvgIpc) is 3.36. The zero-order chi connectivity index (χ0) is 26.0. The molecule has 4 rings (SSSR count). The molecule has 0 unspecified atom stereocenters. The lowest BCUT2D eigenvalue weighted by Crippen LogP contribution is -2.30. The third-order valence-electron chi connectivity index (χ3n) is 5.87. The van der Waals surface area contributed by atoms with Gasteiger partial charge >= 0.3 is 6.18 Å².